The lowest BCUT2D eigenvalue weighted by Crippen LogP contribution is -2.31. The maximum atomic E-state index is 13.6. The largest absolute Gasteiger partial charge is 0.468 e. The summed E-state index contributed by atoms with van der Waals surface area (Å²) in [5.41, 5.74) is 2.51. The zero-order valence-electron chi connectivity index (χ0n) is 19.5. The Bertz CT molecular complexity index is 1160. The van der Waals surface area contributed by atoms with Crippen LogP contribution in [0, 0.1) is 5.82 Å². The van der Waals surface area contributed by atoms with Gasteiger partial charge in [-0.3, -0.25) is 4.90 Å². The Hall–Kier alpha value is -3.42. The Balaban J connectivity index is 1.76. The highest BCUT2D eigenvalue weighted by Gasteiger charge is 2.24. The molecule has 0 aliphatic rings. The van der Waals surface area contributed by atoms with Crippen LogP contribution in [-0.4, -0.2) is 32.4 Å². The molecule has 0 aliphatic carbocycles. The Morgan fingerprint density at radius 1 is 1.03 bits per heavy atom. The van der Waals surface area contributed by atoms with Gasteiger partial charge in [0.05, 0.1) is 35.9 Å². The molecule has 2 aromatic carbocycles. The first-order valence-electron chi connectivity index (χ1n) is 11.6. The standard InChI is InChI=1S/C27H30FN3O3/c1-3-22(32)17-30(18-24-11-8-16-33-24)19-25-26(4-2)29-31(21-14-12-20(28)13-15-21)27(25)34-23-9-6-5-7-10-23/h5-16,22,32H,3-4,17-19H2,1-2H3. The van der Waals surface area contributed by atoms with Crippen molar-refractivity contribution in [3.8, 4) is 17.3 Å². The third-order valence-corrected chi connectivity index (χ3v) is 5.66. The lowest BCUT2D eigenvalue weighted by Gasteiger charge is -2.24. The monoisotopic (exact) mass is 463 g/mol. The molecule has 2 aromatic heterocycles. The van der Waals surface area contributed by atoms with Gasteiger partial charge in [-0.05, 0) is 61.4 Å². The van der Waals surface area contributed by atoms with E-state index in [-0.39, 0.29) is 5.82 Å². The Morgan fingerprint density at radius 2 is 1.79 bits per heavy atom. The van der Waals surface area contributed by atoms with E-state index in [0.29, 0.717) is 49.8 Å². The van der Waals surface area contributed by atoms with Crippen molar-refractivity contribution in [1.29, 1.82) is 0 Å². The molecule has 0 amide bonds. The molecule has 0 bridgehead atoms. The number of aliphatic hydroxyl groups is 1. The molecule has 0 saturated heterocycles. The number of nitrogens with zero attached hydrogens (tertiary/aromatic N) is 3. The highest BCUT2D eigenvalue weighted by atomic mass is 19.1. The van der Waals surface area contributed by atoms with Crippen molar-refractivity contribution in [3.05, 3.63) is 95.8 Å². The molecule has 2 heterocycles. The molecule has 6 nitrogen and oxygen atoms in total. The van der Waals surface area contributed by atoms with Crippen LogP contribution in [0.15, 0.2) is 77.4 Å². The molecule has 34 heavy (non-hydrogen) atoms. The van der Waals surface area contributed by atoms with Crippen molar-refractivity contribution >= 4 is 0 Å². The van der Waals surface area contributed by atoms with Crippen molar-refractivity contribution in [2.45, 2.75) is 45.9 Å². The molecule has 0 saturated carbocycles. The number of rotatable bonds is 11. The van der Waals surface area contributed by atoms with Crippen LogP contribution in [0.25, 0.3) is 5.69 Å². The van der Waals surface area contributed by atoms with Crippen molar-refractivity contribution in [1.82, 2.24) is 14.7 Å². The van der Waals surface area contributed by atoms with Crippen molar-refractivity contribution in [2.75, 3.05) is 6.54 Å². The zero-order valence-corrected chi connectivity index (χ0v) is 19.5. The van der Waals surface area contributed by atoms with E-state index in [0.717, 1.165) is 17.0 Å². The van der Waals surface area contributed by atoms with E-state index in [9.17, 15) is 9.50 Å². The molecule has 0 spiro atoms. The second-order valence-electron chi connectivity index (χ2n) is 8.20. The molecule has 0 radical (unpaired) electrons. The predicted molar refractivity (Wildman–Crippen MR) is 129 cm³/mol. The molecule has 7 heteroatoms. The first-order valence-corrected chi connectivity index (χ1v) is 11.6. The van der Waals surface area contributed by atoms with Crippen LogP contribution in [0.3, 0.4) is 0 Å². The molecule has 4 aromatic rings. The van der Waals surface area contributed by atoms with Crippen LogP contribution in [0.5, 0.6) is 11.6 Å². The Labute approximate surface area is 199 Å². The highest BCUT2D eigenvalue weighted by molar-refractivity contribution is 5.44. The molecule has 1 unspecified atom stereocenters. The van der Waals surface area contributed by atoms with Gasteiger partial charge in [0, 0.05) is 13.1 Å². The second-order valence-corrected chi connectivity index (χ2v) is 8.20. The predicted octanol–water partition coefficient (Wildman–Crippen LogP) is 5.73. The number of hydrogen-bond acceptors (Lipinski definition) is 5. The average molecular weight is 464 g/mol. The van der Waals surface area contributed by atoms with E-state index in [1.165, 1.54) is 12.1 Å². The summed E-state index contributed by atoms with van der Waals surface area (Å²) in [6.45, 7) is 5.53. The summed E-state index contributed by atoms with van der Waals surface area (Å²) in [6, 6.07) is 19.5. The molecule has 1 atom stereocenters. The summed E-state index contributed by atoms with van der Waals surface area (Å²) in [5.74, 6) is 1.76. The molecule has 0 aliphatic heterocycles. The van der Waals surface area contributed by atoms with Crippen molar-refractivity contribution < 1.29 is 18.7 Å². The Kier molecular flexibility index (Phi) is 7.77. The fourth-order valence-corrected chi connectivity index (χ4v) is 3.84. The van der Waals surface area contributed by atoms with E-state index in [1.807, 2.05) is 56.3 Å². The van der Waals surface area contributed by atoms with Crippen LogP contribution in [0.4, 0.5) is 4.39 Å². The van der Waals surface area contributed by atoms with Crippen molar-refractivity contribution in [3.63, 3.8) is 0 Å². The molecule has 4 rings (SSSR count). The molecular formula is C27H30FN3O3. The van der Waals surface area contributed by atoms with Gasteiger partial charge in [-0.1, -0.05) is 32.0 Å². The maximum Gasteiger partial charge on any atom is 0.227 e. The number of benzene rings is 2. The van der Waals surface area contributed by atoms with Gasteiger partial charge in [-0.15, -0.1) is 0 Å². The van der Waals surface area contributed by atoms with E-state index >= 15 is 0 Å². The maximum absolute atomic E-state index is 13.6. The number of aromatic nitrogens is 2. The number of halogens is 1. The number of ether oxygens (including phenoxy) is 1. The van der Waals surface area contributed by atoms with Gasteiger partial charge in [-0.2, -0.15) is 5.10 Å². The van der Waals surface area contributed by atoms with E-state index in [2.05, 4.69) is 4.90 Å². The summed E-state index contributed by atoms with van der Waals surface area (Å²) in [6.07, 6.45) is 2.53. The molecule has 1 N–H and O–H groups in total. The van der Waals surface area contributed by atoms with Gasteiger partial charge in [0.15, 0.2) is 0 Å². The lowest BCUT2D eigenvalue weighted by molar-refractivity contribution is 0.0968. The smallest absolute Gasteiger partial charge is 0.227 e. The van der Waals surface area contributed by atoms with Gasteiger partial charge in [-0.25, -0.2) is 9.07 Å². The van der Waals surface area contributed by atoms with Crippen LogP contribution in [-0.2, 0) is 19.5 Å². The van der Waals surface area contributed by atoms with Crippen LogP contribution in [0.1, 0.15) is 37.3 Å². The van der Waals surface area contributed by atoms with E-state index < -0.39 is 6.10 Å². The first kappa shape index (κ1) is 23.7. The molecule has 178 valence electrons. The van der Waals surface area contributed by atoms with E-state index in [4.69, 9.17) is 14.3 Å². The topological polar surface area (TPSA) is 63.7 Å². The lowest BCUT2D eigenvalue weighted by atomic mass is 10.1. The normalized spacial score (nSPS) is 12.3. The third-order valence-electron chi connectivity index (χ3n) is 5.66. The Morgan fingerprint density at radius 3 is 2.44 bits per heavy atom. The number of aliphatic hydroxyl groups excluding tert-OH is 1. The van der Waals surface area contributed by atoms with Crippen LogP contribution in [0.2, 0.25) is 0 Å². The van der Waals surface area contributed by atoms with Crippen LogP contribution < -0.4 is 4.74 Å². The average Bonchev–Trinajstić information content (AvgIpc) is 3.48. The molecular weight excluding hydrogens is 433 g/mol. The number of hydrogen-bond donors (Lipinski definition) is 1. The minimum atomic E-state index is -0.467. The van der Waals surface area contributed by atoms with Crippen molar-refractivity contribution in [2.24, 2.45) is 0 Å². The van der Waals surface area contributed by atoms with Crippen LogP contribution >= 0.6 is 0 Å². The third kappa shape index (κ3) is 5.73. The summed E-state index contributed by atoms with van der Waals surface area (Å²) < 4.78 is 27.3. The summed E-state index contributed by atoms with van der Waals surface area (Å²) >= 11 is 0. The quantitative estimate of drug-likeness (QED) is 0.308. The number of furan rings is 1. The number of aryl methyl sites for hydroxylation is 1. The van der Waals surface area contributed by atoms with E-state index in [1.54, 1.807) is 23.1 Å². The SMILES string of the molecule is CCc1nn(-c2ccc(F)cc2)c(Oc2ccccc2)c1CN(Cc1ccco1)CC(O)CC. The fourth-order valence-electron chi connectivity index (χ4n) is 3.84. The highest BCUT2D eigenvalue weighted by Crippen LogP contribution is 2.32. The van der Waals surface area contributed by atoms with Gasteiger partial charge in [0.25, 0.3) is 0 Å². The molecule has 0 fully saturated rings. The number of para-hydroxylation sites is 1. The van der Waals surface area contributed by atoms with Gasteiger partial charge < -0.3 is 14.3 Å². The minimum absolute atomic E-state index is 0.310. The fraction of sp³-hybridized carbons (Fsp3) is 0.296. The van der Waals surface area contributed by atoms with Gasteiger partial charge >= 0.3 is 0 Å². The van der Waals surface area contributed by atoms with Gasteiger partial charge in [0.1, 0.15) is 17.3 Å². The summed E-state index contributed by atoms with van der Waals surface area (Å²) in [7, 11) is 0. The second kappa shape index (κ2) is 11.1. The first-order chi connectivity index (χ1) is 16.6. The summed E-state index contributed by atoms with van der Waals surface area (Å²) in [5, 5.41) is 15.2. The summed E-state index contributed by atoms with van der Waals surface area (Å²) in [4.78, 5) is 2.13. The van der Waals surface area contributed by atoms with Gasteiger partial charge in [0.2, 0.25) is 5.88 Å². The zero-order chi connectivity index (χ0) is 23.9. The minimum Gasteiger partial charge on any atom is -0.468 e.